The average Bonchev–Trinajstić information content (AvgIpc) is 2.96. The van der Waals surface area contributed by atoms with Gasteiger partial charge in [0.05, 0.1) is 17.7 Å². The van der Waals surface area contributed by atoms with E-state index >= 15 is 0 Å². The lowest BCUT2D eigenvalue weighted by molar-refractivity contribution is 0.0696. The van der Waals surface area contributed by atoms with Crippen LogP contribution in [-0.4, -0.2) is 27.1 Å². The smallest absolute Gasteiger partial charge is 0.337 e. The highest BCUT2D eigenvalue weighted by Gasteiger charge is 2.15. The minimum absolute atomic E-state index is 0.114. The van der Waals surface area contributed by atoms with Gasteiger partial charge >= 0.3 is 5.97 Å². The molecular weight excluding hydrogens is 332 g/mol. The van der Waals surface area contributed by atoms with Gasteiger partial charge in [0.2, 0.25) is 0 Å². The number of nitrogen functional groups attached to an aromatic ring is 1. The Bertz CT molecular complexity index is 1030. The van der Waals surface area contributed by atoms with Crippen LogP contribution in [0, 0.1) is 17.2 Å². The fourth-order valence-electron chi connectivity index (χ4n) is 2.55. The molecule has 3 rings (SSSR count). The number of benzene rings is 1. The largest absolute Gasteiger partial charge is 0.492 e. The Balaban J connectivity index is 2.05. The molecule has 0 aliphatic heterocycles. The van der Waals surface area contributed by atoms with Crippen molar-refractivity contribution in [1.82, 2.24) is 9.38 Å². The van der Waals surface area contributed by atoms with E-state index in [0.29, 0.717) is 46.6 Å². The molecular formula is C19H18N4O3. The Labute approximate surface area is 150 Å². The van der Waals surface area contributed by atoms with Gasteiger partial charge in [-0.3, -0.25) is 4.40 Å². The van der Waals surface area contributed by atoms with Crippen molar-refractivity contribution in [3.05, 3.63) is 47.7 Å². The van der Waals surface area contributed by atoms with Crippen LogP contribution in [0.15, 0.2) is 36.5 Å². The van der Waals surface area contributed by atoms with E-state index in [9.17, 15) is 10.1 Å². The molecule has 2 heterocycles. The van der Waals surface area contributed by atoms with E-state index in [1.807, 2.05) is 13.8 Å². The van der Waals surface area contributed by atoms with E-state index in [2.05, 4.69) is 11.1 Å². The van der Waals surface area contributed by atoms with Crippen LogP contribution < -0.4 is 10.5 Å². The molecule has 0 saturated heterocycles. The van der Waals surface area contributed by atoms with Crippen molar-refractivity contribution in [1.29, 1.82) is 5.26 Å². The summed E-state index contributed by atoms with van der Waals surface area (Å²) >= 11 is 0. The summed E-state index contributed by atoms with van der Waals surface area (Å²) in [6.07, 6.45) is 1.43. The van der Waals surface area contributed by atoms with Crippen LogP contribution in [0.5, 0.6) is 5.75 Å². The molecule has 26 heavy (non-hydrogen) atoms. The summed E-state index contributed by atoms with van der Waals surface area (Å²) < 4.78 is 7.19. The summed E-state index contributed by atoms with van der Waals surface area (Å²) in [5, 5.41) is 18.5. The number of nitrogens with two attached hydrogens (primary N) is 1. The molecule has 0 aliphatic rings. The molecule has 0 spiro atoms. The number of aromatic carboxylic acids is 1. The van der Waals surface area contributed by atoms with Gasteiger partial charge < -0.3 is 15.6 Å². The van der Waals surface area contributed by atoms with Gasteiger partial charge in [0, 0.05) is 11.8 Å². The molecule has 0 fully saturated rings. The molecule has 3 aromatic rings. The summed E-state index contributed by atoms with van der Waals surface area (Å²) in [6.45, 7) is 4.58. The standard InChI is InChI=1S/C19H18N4O3/c1-11(2)10-26-15-5-3-12(7-14(15)8-20)17-18(21)23-9-13(19(24)25)4-6-16(23)22-17/h3-7,9,11H,10,21H2,1-2H3,(H,24,25). The van der Waals surface area contributed by atoms with Gasteiger partial charge in [-0.15, -0.1) is 0 Å². The van der Waals surface area contributed by atoms with E-state index in [-0.39, 0.29) is 5.56 Å². The fraction of sp³-hybridized carbons (Fsp3) is 0.211. The summed E-state index contributed by atoms with van der Waals surface area (Å²) in [5.41, 5.74) is 8.35. The zero-order valence-electron chi connectivity index (χ0n) is 14.4. The molecule has 132 valence electrons. The molecule has 0 saturated carbocycles. The SMILES string of the molecule is CC(C)COc1ccc(-c2nc3ccc(C(=O)O)cn3c2N)cc1C#N. The second-order valence-electron chi connectivity index (χ2n) is 6.32. The molecule has 0 radical (unpaired) electrons. The molecule has 3 N–H and O–H groups in total. The summed E-state index contributed by atoms with van der Waals surface area (Å²) in [6, 6.07) is 10.4. The van der Waals surface area contributed by atoms with Crippen molar-refractivity contribution in [2.75, 3.05) is 12.3 Å². The number of ether oxygens (including phenoxy) is 1. The van der Waals surface area contributed by atoms with Gasteiger partial charge in [-0.1, -0.05) is 13.8 Å². The van der Waals surface area contributed by atoms with Gasteiger partial charge in [0.15, 0.2) is 0 Å². The van der Waals surface area contributed by atoms with E-state index in [1.54, 1.807) is 24.3 Å². The molecule has 2 aromatic heterocycles. The van der Waals surface area contributed by atoms with Crippen LogP contribution in [0.4, 0.5) is 5.82 Å². The highest BCUT2D eigenvalue weighted by molar-refractivity contribution is 5.88. The van der Waals surface area contributed by atoms with E-state index in [0.717, 1.165) is 0 Å². The van der Waals surface area contributed by atoms with Crippen LogP contribution in [0.1, 0.15) is 29.8 Å². The Morgan fingerprint density at radius 2 is 2.15 bits per heavy atom. The second-order valence-corrected chi connectivity index (χ2v) is 6.32. The lowest BCUT2D eigenvalue weighted by Crippen LogP contribution is -2.05. The van der Waals surface area contributed by atoms with Crippen LogP contribution in [0.3, 0.4) is 0 Å². The van der Waals surface area contributed by atoms with Gasteiger partial charge in [-0.25, -0.2) is 9.78 Å². The number of pyridine rings is 1. The van der Waals surface area contributed by atoms with Crippen molar-refractivity contribution < 1.29 is 14.6 Å². The number of hydrogen-bond donors (Lipinski definition) is 2. The minimum atomic E-state index is -1.04. The molecule has 0 atom stereocenters. The summed E-state index contributed by atoms with van der Waals surface area (Å²) in [7, 11) is 0. The normalized spacial score (nSPS) is 10.8. The van der Waals surface area contributed by atoms with Gasteiger partial charge in [0.1, 0.15) is 29.0 Å². The van der Waals surface area contributed by atoms with Crippen molar-refractivity contribution >= 4 is 17.4 Å². The first kappa shape index (κ1) is 17.3. The quantitative estimate of drug-likeness (QED) is 0.730. The fourth-order valence-corrected chi connectivity index (χ4v) is 2.55. The van der Waals surface area contributed by atoms with E-state index in [1.165, 1.54) is 16.7 Å². The van der Waals surface area contributed by atoms with E-state index in [4.69, 9.17) is 15.6 Å². The molecule has 0 unspecified atom stereocenters. The molecule has 1 aromatic carbocycles. The maximum absolute atomic E-state index is 11.1. The number of hydrogen-bond acceptors (Lipinski definition) is 5. The minimum Gasteiger partial charge on any atom is -0.492 e. The Morgan fingerprint density at radius 1 is 1.38 bits per heavy atom. The maximum Gasteiger partial charge on any atom is 0.337 e. The number of anilines is 1. The van der Waals surface area contributed by atoms with Gasteiger partial charge in [-0.05, 0) is 36.2 Å². The third kappa shape index (κ3) is 3.17. The number of aromatic nitrogens is 2. The number of nitrogens with zero attached hydrogens (tertiary/aromatic N) is 3. The maximum atomic E-state index is 11.1. The van der Waals surface area contributed by atoms with Crippen LogP contribution in [0.25, 0.3) is 16.9 Å². The van der Waals surface area contributed by atoms with Gasteiger partial charge in [0.25, 0.3) is 0 Å². The monoisotopic (exact) mass is 350 g/mol. The number of fused-ring (bicyclic) bond motifs is 1. The molecule has 7 nitrogen and oxygen atoms in total. The third-order valence-electron chi connectivity index (χ3n) is 3.85. The Hall–Kier alpha value is -3.53. The number of carboxylic acid groups (broad SMARTS) is 1. The number of carbonyl (C=O) groups is 1. The highest BCUT2D eigenvalue weighted by atomic mass is 16.5. The van der Waals surface area contributed by atoms with Crippen LogP contribution in [0.2, 0.25) is 0 Å². The molecule has 0 aliphatic carbocycles. The first-order chi connectivity index (χ1) is 12.4. The van der Waals surface area contributed by atoms with Crippen molar-refractivity contribution in [2.45, 2.75) is 13.8 Å². The first-order valence-corrected chi connectivity index (χ1v) is 8.09. The first-order valence-electron chi connectivity index (χ1n) is 8.09. The third-order valence-corrected chi connectivity index (χ3v) is 3.85. The lowest BCUT2D eigenvalue weighted by Gasteiger charge is -2.11. The number of carboxylic acids is 1. The number of rotatable bonds is 5. The zero-order chi connectivity index (χ0) is 18.8. The zero-order valence-corrected chi connectivity index (χ0v) is 14.4. The predicted molar refractivity (Wildman–Crippen MR) is 97.0 cm³/mol. The van der Waals surface area contributed by atoms with Crippen molar-refractivity contribution in [3.8, 4) is 23.1 Å². The van der Waals surface area contributed by atoms with E-state index < -0.39 is 5.97 Å². The summed E-state index contributed by atoms with van der Waals surface area (Å²) in [4.78, 5) is 15.6. The topological polar surface area (TPSA) is 114 Å². The Kier molecular flexibility index (Phi) is 4.50. The summed E-state index contributed by atoms with van der Waals surface area (Å²) in [5.74, 6) is 0.127. The Morgan fingerprint density at radius 3 is 2.81 bits per heavy atom. The number of nitriles is 1. The average molecular weight is 350 g/mol. The van der Waals surface area contributed by atoms with Crippen LogP contribution >= 0.6 is 0 Å². The van der Waals surface area contributed by atoms with Crippen molar-refractivity contribution in [2.24, 2.45) is 5.92 Å². The molecule has 7 heteroatoms. The number of imidazole rings is 1. The second kappa shape index (κ2) is 6.76. The molecule has 0 amide bonds. The molecule has 0 bridgehead atoms. The van der Waals surface area contributed by atoms with Gasteiger partial charge in [-0.2, -0.15) is 5.26 Å². The van der Waals surface area contributed by atoms with Crippen LogP contribution in [-0.2, 0) is 0 Å². The predicted octanol–water partition coefficient (Wildman–Crippen LogP) is 3.19. The highest BCUT2D eigenvalue weighted by Crippen LogP contribution is 2.30. The lowest BCUT2D eigenvalue weighted by atomic mass is 10.1. The van der Waals surface area contributed by atoms with Crippen molar-refractivity contribution in [3.63, 3.8) is 0 Å².